The van der Waals surface area contributed by atoms with Crippen LogP contribution in [0.3, 0.4) is 0 Å². The first kappa shape index (κ1) is 61.2. The zero-order valence-electron chi connectivity index (χ0n) is 59.1. The van der Waals surface area contributed by atoms with E-state index in [9.17, 15) is 5.26 Å². The number of para-hydroxylation sites is 8. The molecule has 0 bridgehead atoms. The topological polar surface area (TPSA) is 92.0 Å². The van der Waals surface area contributed by atoms with Crippen LogP contribution in [-0.2, 0) is 0 Å². The molecule has 0 aliphatic carbocycles. The smallest absolute Gasteiger partial charge is 0.164 e. The van der Waals surface area contributed by atoms with Gasteiger partial charge in [-0.3, -0.25) is 0 Å². The highest BCUT2D eigenvalue weighted by molar-refractivity contribution is 6.17. The van der Waals surface area contributed by atoms with Gasteiger partial charge in [0, 0.05) is 115 Å². The Balaban J connectivity index is 0.814. The third-order valence-electron chi connectivity index (χ3n) is 22.7. The van der Waals surface area contributed by atoms with Gasteiger partial charge in [-0.05, 0) is 163 Å². The maximum Gasteiger partial charge on any atom is 0.164 e. The van der Waals surface area contributed by atoms with E-state index in [1.54, 1.807) is 0 Å². The van der Waals surface area contributed by atoms with E-state index < -0.39 is 0 Å². The Morgan fingerprint density at radius 1 is 0.191 bits per heavy atom. The molecule has 0 spiro atoms. The van der Waals surface area contributed by atoms with Crippen molar-refractivity contribution in [2.75, 3.05) is 0 Å². The predicted molar refractivity (Wildman–Crippen MR) is 452 cm³/mol. The zero-order chi connectivity index (χ0) is 72.2. The van der Waals surface area contributed by atoms with Gasteiger partial charge in [0.2, 0.25) is 0 Å². The van der Waals surface area contributed by atoms with Crippen LogP contribution in [0.1, 0.15) is 5.56 Å². The summed E-state index contributed by atoms with van der Waals surface area (Å²) in [6.07, 6.45) is 0. The molecule has 16 aromatic carbocycles. The third-order valence-corrected chi connectivity index (χ3v) is 22.7. The van der Waals surface area contributed by atoms with Gasteiger partial charge in [0.25, 0.3) is 0 Å². The number of hydrogen-bond donors (Lipinski definition) is 0. The van der Waals surface area contributed by atoms with Crippen LogP contribution in [0.15, 0.2) is 364 Å². The van der Waals surface area contributed by atoms with Crippen molar-refractivity contribution in [2.24, 2.45) is 0 Å². The SMILES string of the molecule is N#Cc1ccc(-n2c3ccc(-n4c5ccccc5c5ccccc54)cc3c3cc(-n4c5ccccc5c5ccccc54)ccc32)c(-c2cc(-n3c4ccc(-n5c6ccccc6c6ccccc65)cc4c4cc(-n5c6ccccc6c6ccccc65)ccc43)ccc2-c2nc(-c3ccccc3)nc(-c3ccccc3)n2)c1. The monoisotopic (exact) mass is 1400 g/mol. The Morgan fingerprint density at radius 3 is 0.773 bits per heavy atom. The molecule has 0 N–H and O–H groups in total. The maximum atomic E-state index is 11.4. The van der Waals surface area contributed by atoms with Crippen LogP contribution in [0.5, 0.6) is 0 Å². The first-order valence-corrected chi connectivity index (χ1v) is 37.2. The standard InChI is InChI=1S/C100H60N10/c101-61-62-43-50-95(110-96-53-47-68(107-89-39-19-11-31-74(89)75-32-12-20-40-90(75)107)59-83(96)84-60-69(48-54-97(84)110)108-91-41-21-13-33-76(91)77-34-14-22-42-92(77)108)80(55-62)79-56-65(44-49-78(79)100-103-98(63-23-3-1-4-24-63)102-99(104-100)64-25-5-2-6-26-64)109-93-51-45-66(105-85-35-15-7-27-70(85)71-28-8-16-36-86(71)105)57-81(93)82-58-67(46-52-94(82)109)106-87-37-17-9-29-72(87)73-30-10-18-38-88(73)106/h1-60H. The number of nitrogens with zero attached hydrogens (tertiary/aromatic N) is 10. The number of hydrogen-bond acceptors (Lipinski definition) is 4. The highest BCUT2D eigenvalue weighted by Crippen LogP contribution is 2.47. The van der Waals surface area contributed by atoms with E-state index in [1.165, 1.54) is 43.1 Å². The predicted octanol–water partition coefficient (Wildman–Crippen LogP) is 25.0. The summed E-state index contributed by atoms with van der Waals surface area (Å²) < 4.78 is 14.5. The van der Waals surface area contributed by atoms with Crippen molar-refractivity contribution in [1.82, 2.24) is 42.4 Å². The largest absolute Gasteiger partial charge is 0.309 e. The van der Waals surface area contributed by atoms with Crippen molar-refractivity contribution in [3.8, 4) is 85.5 Å². The van der Waals surface area contributed by atoms with E-state index in [0.717, 1.165) is 150 Å². The number of aromatic nitrogens is 9. The molecule has 0 fully saturated rings. The summed E-state index contributed by atoms with van der Waals surface area (Å²) in [7, 11) is 0. The van der Waals surface area contributed by atoms with Crippen molar-refractivity contribution in [1.29, 1.82) is 5.26 Å². The van der Waals surface area contributed by atoms with E-state index in [4.69, 9.17) is 15.0 Å². The minimum Gasteiger partial charge on any atom is -0.309 e. The first-order chi connectivity index (χ1) is 54.5. The van der Waals surface area contributed by atoms with Crippen molar-refractivity contribution < 1.29 is 0 Å². The van der Waals surface area contributed by atoms with Crippen LogP contribution in [0, 0.1) is 11.3 Å². The average Bonchev–Trinajstić information content (AvgIpc) is 1.55. The molecular weight excluding hydrogens is 1340 g/mol. The highest BCUT2D eigenvalue weighted by atomic mass is 15.1. The molecule has 0 atom stereocenters. The Labute approximate surface area is 629 Å². The number of nitriles is 1. The number of rotatable bonds is 10. The van der Waals surface area contributed by atoms with Crippen LogP contribution in [-0.4, -0.2) is 42.4 Å². The van der Waals surface area contributed by atoms with Gasteiger partial charge in [-0.1, -0.05) is 206 Å². The molecule has 0 saturated carbocycles. The lowest BCUT2D eigenvalue weighted by Crippen LogP contribution is -2.04. The fourth-order valence-corrected chi connectivity index (χ4v) is 17.9. The van der Waals surface area contributed by atoms with Gasteiger partial charge >= 0.3 is 0 Å². The van der Waals surface area contributed by atoms with Crippen molar-refractivity contribution in [3.63, 3.8) is 0 Å². The number of fused-ring (bicyclic) bond motifs is 18. The molecular formula is C100H60N10. The quantitative estimate of drug-likeness (QED) is 0.136. The third kappa shape index (κ3) is 9.13. The highest BCUT2D eigenvalue weighted by Gasteiger charge is 2.27. The molecule has 110 heavy (non-hydrogen) atoms. The summed E-state index contributed by atoms with van der Waals surface area (Å²) in [6, 6.07) is 133. The summed E-state index contributed by atoms with van der Waals surface area (Å²) in [5, 5.41) is 25.3. The van der Waals surface area contributed by atoms with Gasteiger partial charge < -0.3 is 27.4 Å². The summed E-state index contributed by atoms with van der Waals surface area (Å²) >= 11 is 0. The van der Waals surface area contributed by atoms with Gasteiger partial charge in [-0.2, -0.15) is 5.26 Å². The van der Waals surface area contributed by atoms with Crippen LogP contribution in [0.2, 0.25) is 0 Å². The second-order valence-electron chi connectivity index (χ2n) is 28.6. The molecule has 0 radical (unpaired) electrons. The fraction of sp³-hybridized carbons (Fsp3) is 0. The number of benzene rings is 16. The normalized spacial score (nSPS) is 12.0. The minimum atomic E-state index is 0.482. The lowest BCUT2D eigenvalue weighted by molar-refractivity contribution is 1.07. The van der Waals surface area contributed by atoms with Crippen LogP contribution in [0.4, 0.5) is 0 Å². The average molecular weight is 1400 g/mol. The van der Waals surface area contributed by atoms with Gasteiger partial charge in [0.15, 0.2) is 17.5 Å². The van der Waals surface area contributed by atoms with Gasteiger partial charge in [-0.15, -0.1) is 0 Å². The lowest BCUT2D eigenvalue weighted by atomic mass is 9.94. The molecule has 7 heterocycles. The Bertz CT molecular complexity index is 7250. The molecule has 510 valence electrons. The second-order valence-corrected chi connectivity index (χ2v) is 28.6. The van der Waals surface area contributed by atoms with Crippen molar-refractivity contribution in [3.05, 3.63) is 370 Å². The van der Waals surface area contributed by atoms with Crippen LogP contribution >= 0.6 is 0 Å². The fourth-order valence-electron chi connectivity index (χ4n) is 17.9. The van der Waals surface area contributed by atoms with E-state index >= 15 is 0 Å². The molecule has 0 aliphatic rings. The molecule has 0 saturated heterocycles. The van der Waals surface area contributed by atoms with Gasteiger partial charge in [0.05, 0.1) is 83.5 Å². The lowest BCUT2D eigenvalue weighted by Gasteiger charge is -2.19. The Morgan fingerprint density at radius 2 is 0.455 bits per heavy atom. The van der Waals surface area contributed by atoms with Crippen LogP contribution in [0.25, 0.3) is 210 Å². The molecule has 10 heteroatoms. The Kier molecular flexibility index (Phi) is 13.3. The maximum absolute atomic E-state index is 11.4. The van der Waals surface area contributed by atoms with E-state index in [1.807, 2.05) is 42.5 Å². The van der Waals surface area contributed by atoms with E-state index in [2.05, 4.69) is 355 Å². The minimum absolute atomic E-state index is 0.482. The molecule has 0 unspecified atom stereocenters. The molecule has 0 amide bonds. The summed E-state index contributed by atoms with van der Waals surface area (Å²) in [6.45, 7) is 0. The zero-order valence-corrected chi connectivity index (χ0v) is 59.1. The second kappa shape index (κ2) is 23.9. The van der Waals surface area contributed by atoms with Gasteiger partial charge in [0.1, 0.15) is 0 Å². The summed E-state index contributed by atoms with van der Waals surface area (Å²) in [5.74, 6) is 1.56. The van der Waals surface area contributed by atoms with E-state index in [0.29, 0.717) is 23.0 Å². The van der Waals surface area contributed by atoms with Crippen molar-refractivity contribution in [2.45, 2.75) is 0 Å². The van der Waals surface area contributed by atoms with E-state index in [-0.39, 0.29) is 0 Å². The van der Waals surface area contributed by atoms with Crippen molar-refractivity contribution >= 4 is 131 Å². The molecule has 7 aromatic heterocycles. The van der Waals surface area contributed by atoms with Crippen LogP contribution < -0.4 is 0 Å². The van der Waals surface area contributed by atoms with Gasteiger partial charge in [-0.25, -0.2) is 15.0 Å². The molecule has 10 nitrogen and oxygen atoms in total. The summed E-state index contributed by atoms with van der Waals surface area (Å²) in [5.41, 5.74) is 23.6. The summed E-state index contributed by atoms with van der Waals surface area (Å²) in [4.78, 5) is 16.3. The first-order valence-electron chi connectivity index (χ1n) is 37.2. The molecule has 23 aromatic rings. The molecule has 23 rings (SSSR count). The Hall–Kier alpha value is -15.2. The molecule has 0 aliphatic heterocycles.